The second-order valence-corrected chi connectivity index (χ2v) is 7.01. The predicted octanol–water partition coefficient (Wildman–Crippen LogP) is 5.16. The first kappa shape index (κ1) is 26.8. The molecule has 0 aromatic heterocycles. The third-order valence-corrected chi connectivity index (χ3v) is 4.37. The molecule has 7 nitrogen and oxygen atoms in total. The number of hydrogen-bond acceptors (Lipinski definition) is 4. The molecule has 32 heavy (non-hydrogen) atoms. The third-order valence-electron chi connectivity index (χ3n) is 4.12. The van der Waals surface area contributed by atoms with Crippen molar-refractivity contribution in [1.29, 1.82) is 0 Å². The number of carboxylic acids is 2. The number of benzene rings is 2. The van der Waals surface area contributed by atoms with Crippen LogP contribution in [0.1, 0.15) is 40.5 Å². The van der Waals surface area contributed by atoms with Crippen molar-refractivity contribution < 1.29 is 37.8 Å². The maximum absolute atomic E-state index is 12.3. The van der Waals surface area contributed by atoms with Crippen LogP contribution < -0.4 is 10.2 Å². The summed E-state index contributed by atoms with van der Waals surface area (Å²) >= 11 is 5.81. The minimum atomic E-state index is -5.08. The molecular weight excluding hydrogens is 453 g/mol. The van der Waals surface area contributed by atoms with Crippen molar-refractivity contribution >= 4 is 40.8 Å². The lowest BCUT2D eigenvalue weighted by Gasteiger charge is -2.20. The van der Waals surface area contributed by atoms with Gasteiger partial charge in [0.1, 0.15) is 0 Å². The number of rotatable bonds is 7. The van der Waals surface area contributed by atoms with Crippen LogP contribution in [0.4, 0.5) is 24.5 Å². The molecule has 3 N–H and O–H groups in total. The minimum absolute atomic E-state index is 0.0585. The number of carboxylic acid groups (broad SMARTS) is 2. The summed E-state index contributed by atoms with van der Waals surface area (Å²) in [7, 11) is 1.92. The van der Waals surface area contributed by atoms with Crippen LogP contribution in [0.5, 0.6) is 0 Å². The summed E-state index contributed by atoms with van der Waals surface area (Å²) in [6.07, 6.45) is -3.00. The Morgan fingerprint density at radius 3 is 2.09 bits per heavy atom. The summed E-state index contributed by atoms with van der Waals surface area (Å²) in [4.78, 5) is 34.8. The summed E-state index contributed by atoms with van der Waals surface area (Å²) in [6, 6.07) is 11.4. The summed E-state index contributed by atoms with van der Waals surface area (Å²) < 4.78 is 31.7. The first-order valence-electron chi connectivity index (χ1n) is 9.32. The van der Waals surface area contributed by atoms with Crippen LogP contribution in [0.15, 0.2) is 42.5 Å². The van der Waals surface area contributed by atoms with Gasteiger partial charge in [-0.25, -0.2) is 9.59 Å². The normalized spacial score (nSPS) is 10.6. The average Bonchev–Trinajstić information content (AvgIpc) is 2.72. The smallest absolute Gasteiger partial charge is 0.478 e. The maximum Gasteiger partial charge on any atom is 0.490 e. The number of amides is 1. The number of nitrogens with one attached hydrogen (secondary N) is 1. The fourth-order valence-corrected chi connectivity index (χ4v) is 2.50. The maximum atomic E-state index is 12.3. The van der Waals surface area contributed by atoms with E-state index in [9.17, 15) is 27.9 Å². The standard InChI is InChI=1S/C19H21ClN2O3.C2HF3O2/c1-3-4-11-22(2)15-9-10-17(16(12-15)19(24)25)21-18(23)13-5-7-14(20)8-6-13;3-2(4,5)1(6)7/h5-10,12H,3-4,11H2,1-2H3,(H,21,23)(H,24,25);(H,6,7). The van der Waals surface area contributed by atoms with Crippen molar-refractivity contribution in [3.63, 3.8) is 0 Å². The van der Waals surface area contributed by atoms with Gasteiger partial charge in [0.05, 0.1) is 11.3 Å². The van der Waals surface area contributed by atoms with Crippen LogP contribution in [-0.4, -0.2) is 47.8 Å². The van der Waals surface area contributed by atoms with Gasteiger partial charge in [0.15, 0.2) is 0 Å². The minimum Gasteiger partial charge on any atom is -0.478 e. The number of carbonyl (C=O) groups excluding carboxylic acids is 1. The molecule has 0 atom stereocenters. The van der Waals surface area contributed by atoms with Crippen molar-refractivity contribution in [1.82, 2.24) is 0 Å². The van der Waals surface area contributed by atoms with E-state index < -0.39 is 18.1 Å². The molecule has 11 heteroatoms. The highest BCUT2D eigenvalue weighted by Gasteiger charge is 2.38. The van der Waals surface area contributed by atoms with Crippen LogP contribution in [0.2, 0.25) is 5.02 Å². The van der Waals surface area contributed by atoms with Crippen LogP contribution in [0.3, 0.4) is 0 Å². The highest BCUT2D eigenvalue weighted by atomic mass is 35.5. The van der Waals surface area contributed by atoms with E-state index in [0.29, 0.717) is 10.6 Å². The van der Waals surface area contributed by atoms with Gasteiger partial charge in [-0.1, -0.05) is 24.9 Å². The van der Waals surface area contributed by atoms with Crippen LogP contribution in [0, 0.1) is 0 Å². The molecule has 0 fully saturated rings. The summed E-state index contributed by atoms with van der Waals surface area (Å²) in [5.41, 5.74) is 1.53. The zero-order valence-electron chi connectivity index (χ0n) is 17.2. The monoisotopic (exact) mass is 474 g/mol. The second kappa shape index (κ2) is 11.9. The van der Waals surface area contributed by atoms with Crippen molar-refractivity contribution in [2.45, 2.75) is 25.9 Å². The molecule has 0 spiro atoms. The van der Waals surface area contributed by atoms with Gasteiger partial charge < -0.3 is 20.4 Å². The lowest BCUT2D eigenvalue weighted by molar-refractivity contribution is -0.192. The second-order valence-electron chi connectivity index (χ2n) is 6.57. The first-order valence-corrected chi connectivity index (χ1v) is 9.70. The Morgan fingerprint density at radius 2 is 1.62 bits per heavy atom. The number of anilines is 2. The highest BCUT2D eigenvalue weighted by molar-refractivity contribution is 6.30. The molecular formula is C21H22ClF3N2O5. The summed E-state index contributed by atoms with van der Waals surface area (Å²) in [5, 5.41) is 19.8. The number of aromatic carboxylic acids is 1. The van der Waals surface area contributed by atoms with E-state index in [0.717, 1.165) is 25.1 Å². The predicted molar refractivity (Wildman–Crippen MR) is 115 cm³/mol. The Labute approximate surface area is 187 Å². The molecule has 2 rings (SSSR count). The van der Waals surface area contributed by atoms with Crippen molar-refractivity contribution in [3.05, 3.63) is 58.6 Å². The van der Waals surface area contributed by atoms with Gasteiger partial charge >= 0.3 is 18.1 Å². The van der Waals surface area contributed by atoms with E-state index in [2.05, 4.69) is 12.2 Å². The Hall–Kier alpha value is -3.27. The number of carbonyl (C=O) groups is 3. The fraction of sp³-hybridized carbons (Fsp3) is 0.286. The Bertz CT molecular complexity index is 949. The van der Waals surface area contributed by atoms with E-state index in [4.69, 9.17) is 21.5 Å². The molecule has 1 amide bonds. The molecule has 2 aromatic carbocycles. The number of halogens is 4. The van der Waals surface area contributed by atoms with E-state index >= 15 is 0 Å². The van der Waals surface area contributed by atoms with Gasteiger partial charge in [-0.3, -0.25) is 4.79 Å². The molecule has 0 aliphatic heterocycles. The lowest BCUT2D eigenvalue weighted by Crippen LogP contribution is -2.21. The number of hydrogen-bond donors (Lipinski definition) is 3. The molecule has 0 unspecified atom stereocenters. The summed E-state index contributed by atoms with van der Waals surface area (Å²) in [6.45, 7) is 2.94. The molecule has 0 heterocycles. The molecule has 0 saturated heterocycles. The van der Waals surface area contributed by atoms with Gasteiger partial charge in [-0.15, -0.1) is 0 Å². The fourth-order valence-electron chi connectivity index (χ4n) is 2.38. The zero-order valence-corrected chi connectivity index (χ0v) is 18.0. The van der Waals surface area contributed by atoms with Gasteiger partial charge in [0.2, 0.25) is 0 Å². The molecule has 0 aliphatic rings. The third kappa shape index (κ3) is 8.46. The van der Waals surface area contributed by atoms with Gasteiger partial charge in [-0.2, -0.15) is 13.2 Å². The number of aliphatic carboxylic acids is 1. The average molecular weight is 475 g/mol. The number of nitrogens with zero attached hydrogens (tertiary/aromatic N) is 1. The van der Waals surface area contributed by atoms with E-state index in [-0.39, 0.29) is 17.2 Å². The Morgan fingerprint density at radius 1 is 1.06 bits per heavy atom. The zero-order chi connectivity index (χ0) is 24.5. The van der Waals surface area contributed by atoms with Crippen LogP contribution in [0.25, 0.3) is 0 Å². The van der Waals surface area contributed by atoms with Crippen molar-refractivity contribution in [2.75, 3.05) is 23.8 Å². The summed E-state index contributed by atoms with van der Waals surface area (Å²) in [5.74, 6) is -4.23. The van der Waals surface area contributed by atoms with Crippen LogP contribution in [-0.2, 0) is 4.79 Å². The van der Waals surface area contributed by atoms with Gasteiger partial charge in [-0.05, 0) is 48.9 Å². The van der Waals surface area contributed by atoms with E-state index in [1.807, 2.05) is 11.9 Å². The quantitative estimate of drug-likeness (QED) is 0.511. The molecule has 174 valence electrons. The Balaban J connectivity index is 0.000000633. The van der Waals surface area contributed by atoms with Gasteiger partial charge in [0.25, 0.3) is 5.91 Å². The SMILES string of the molecule is CCCCN(C)c1ccc(NC(=O)c2ccc(Cl)cc2)c(C(=O)O)c1.O=C(O)C(F)(F)F. The van der Waals surface area contributed by atoms with Gasteiger partial charge in [0, 0.05) is 29.9 Å². The molecule has 0 aliphatic carbocycles. The molecule has 0 saturated carbocycles. The van der Waals surface area contributed by atoms with Crippen molar-refractivity contribution in [3.8, 4) is 0 Å². The van der Waals surface area contributed by atoms with E-state index in [1.54, 1.807) is 42.5 Å². The largest absolute Gasteiger partial charge is 0.490 e. The first-order chi connectivity index (χ1) is 14.9. The number of alkyl halides is 3. The molecule has 2 aromatic rings. The Kier molecular flexibility index (Phi) is 9.99. The molecule has 0 bridgehead atoms. The highest BCUT2D eigenvalue weighted by Crippen LogP contribution is 2.24. The topological polar surface area (TPSA) is 107 Å². The van der Waals surface area contributed by atoms with E-state index in [1.165, 1.54) is 0 Å². The van der Waals surface area contributed by atoms with Crippen LogP contribution >= 0.6 is 11.6 Å². The molecule has 0 radical (unpaired) electrons. The van der Waals surface area contributed by atoms with Crippen molar-refractivity contribution in [2.24, 2.45) is 0 Å². The number of unbranched alkanes of at least 4 members (excludes halogenated alkanes) is 1. The lowest BCUT2D eigenvalue weighted by atomic mass is 10.1.